The summed E-state index contributed by atoms with van der Waals surface area (Å²) in [6, 6.07) is 4.95. The van der Waals surface area contributed by atoms with Crippen molar-refractivity contribution in [3.05, 3.63) is 35.1 Å². The summed E-state index contributed by atoms with van der Waals surface area (Å²) in [7, 11) is 0. The van der Waals surface area contributed by atoms with Gasteiger partial charge in [0.2, 0.25) is 0 Å². The Kier molecular flexibility index (Phi) is 5.45. The number of carbonyl (C=O) groups excluding carboxylic acids is 1. The van der Waals surface area contributed by atoms with Crippen LogP contribution in [0.15, 0.2) is 18.2 Å². The van der Waals surface area contributed by atoms with Gasteiger partial charge in [0.15, 0.2) is 0 Å². The first-order valence-corrected chi connectivity index (χ1v) is 7.90. The van der Waals surface area contributed by atoms with Crippen LogP contribution in [-0.4, -0.2) is 24.5 Å². The largest absolute Gasteiger partial charge is 0.347 e. The van der Waals surface area contributed by atoms with E-state index < -0.39 is 0 Å². The Labute approximate surface area is 137 Å². The molecule has 5 heteroatoms. The van der Waals surface area contributed by atoms with Crippen LogP contribution in [-0.2, 0) is 0 Å². The Hall–Kier alpha value is -1.13. The molecule has 1 saturated heterocycles. The Morgan fingerprint density at radius 3 is 2.55 bits per heavy atom. The van der Waals surface area contributed by atoms with E-state index in [2.05, 4.69) is 10.6 Å². The van der Waals surface area contributed by atoms with Crippen LogP contribution in [0.1, 0.15) is 60.9 Å². The van der Waals surface area contributed by atoms with Crippen molar-refractivity contribution in [1.82, 2.24) is 10.6 Å². The number of halogens is 2. The highest BCUT2D eigenvalue weighted by molar-refractivity contribution is 5.94. The number of piperidine rings is 1. The van der Waals surface area contributed by atoms with Crippen LogP contribution in [0.4, 0.5) is 4.39 Å². The molecule has 2 N–H and O–H groups in total. The van der Waals surface area contributed by atoms with E-state index in [4.69, 9.17) is 0 Å². The van der Waals surface area contributed by atoms with Crippen molar-refractivity contribution in [3.63, 3.8) is 0 Å². The Bertz CT molecular complexity index is 539. The van der Waals surface area contributed by atoms with E-state index >= 15 is 0 Å². The van der Waals surface area contributed by atoms with E-state index in [1.165, 1.54) is 6.07 Å². The van der Waals surface area contributed by atoms with E-state index in [0.717, 1.165) is 50.8 Å². The number of rotatable bonds is 3. The molecular formula is C17H24ClFN2O. The van der Waals surface area contributed by atoms with Gasteiger partial charge < -0.3 is 10.6 Å². The van der Waals surface area contributed by atoms with Gasteiger partial charge in [0.05, 0.1) is 0 Å². The zero-order valence-electron chi connectivity index (χ0n) is 13.0. The third kappa shape index (κ3) is 3.61. The molecule has 1 aromatic rings. The van der Waals surface area contributed by atoms with Crippen LogP contribution >= 0.6 is 12.4 Å². The lowest BCUT2D eigenvalue weighted by Crippen LogP contribution is -2.50. The van der Waals surface area contributed by atoms with Crippen molar-refractivity contribution in [1.29, 1.82) is 0 Å². The van der Waals surface area contributed by atoms with Crippen molar-refractivity contribution in [3.8, 4) is 0 Å². The summed E-state index contributed by atoms with van der Waals surface area (Å²) in [5.74, 6) is -0.131. The summed E-state index contributed by atoms with van der Waals surface area (Å²) in [5.41, 5.74) is 1.09. The SMILES string of the molecule is CC1(NC(=O)c2ccc(C3CCNCC3)c(F)c2)CCC1.Cl. The number of hydrogen-bond acceptors (Lipinski definition) is 2. The van der Waals surface area contributed by atoms with Crippen molar-refractivity contribution in [2.75, 3.05) is 13.1 Å². The van der Waals surface area contributed by atoms with Gasteiger partial charge in [0.25, 0.3) is 5.91 Å². The Morgan fingerprint density at radius 1 is 1.32 bits per heavy atom. The number of nitrogens with one attached hydrogen (secondary N) is 2. The second-order valence-corrected chi connectivity index (χ2v) is 6.63. The quantitative estimate of drug-likeness (QED) is 0.894. The second kappa shape index (κ2) is 6.97. The minimum absolute atomic E-state index is 0. The molecule has 2 aliphatic rings. The maximum Gasteiger partial charge on any atom is 0.251 e. The predicted molar refractivity (Wildman–Crippen MR) is 88.2 cm³/mol. The first kappa shape index (κ1) is 17.2. The van der Waals surface area contributed by atoms with E-state index in [9.17, 15) is 9.18 Å². The molecule has 2 fully saturated rings. The van der Waals surface area contributed by atoms with Gasteiger partial charge in [-0.05, 0) is 75.7 Å². The first-order valence-electron chi connectivity index (χ1n) is 7.90. The van der Waals surface area contributed by atoms with Gasteiger partial charge in [-0.25, -0.2) is 4.39 Å². The fourth-order valence-electron chi connectivity index (χ4n) is 3.31. The van der Waals surface area contributed by atoms with Gasteiger partial charge >= 0.3 is 0 Å². The molecule has 0 bridgehead atoms. The summed E-state index contributed by atoms with van der Waals surface area (Å²) in [4.78, 5) is 12.2. The molecule has 1 saturated carbocycles. The molecule has 1 amide bonds. The topological polar surface area (TPSA) is 41.1 Å². The summed E-state index contributed by atoms with van der Waals surface area (Å²) in [5, 5.41) is 6.31. The van der Waals surface area contributed by atoms with Gasteiger partial charge in [0, 0.05) is 11.1 Å². The van der Waals surface area contributed by atoms with Gasteiger partial charge in [-0.1, -0.05) is 6.07 Å². The lowest BCUT2D eigenvalue weighted by Gasteiger charge is -2.39. The molecule has 1 aromatic carbocycles. The molecule has 0 aromatic heterocycles. The average Bonchev–Trinajstić information content (AvgIpc) is 2.46. The first-order chi connectivity index (χ1) is 10.1. The monoisotopic (exact) mass is 326 g/mol. The van der Waals surface area contributed by atoms with Crippen LogP contribution in [0.5, 0.6) is 0 Å². The number of amides is 1. The highest BCUT2D eigenvalue weighted by Gasteiger charge is 2.33. The molecule has 22 heavy (non-hydrogen) atoms. The van der Waals surface area contributed by atoms with Gasteiger partial charge in [-0.3, -0.25) is 4.79 Å². The van der Waals surface area contributed by atoms with Crippen LogP contribution in [0.25, 0.3) is 0 Å². The third-order valence-electron chi connectivity index (χ3n) is 4.91. The van der Waals surface area contributed by atoms with Gasteiger partial charge in [0.1, 0.15) is 5.82 Å². The summed E-state index contributed by atoms with van der Waals surface area (Å²) in [6.45, 7) is 3.92. The van der Waals surface area contributed by atoms with Crippen molar-refractivity contribution in [2.45, 2.75) is 50.5 Å². The smallest absolute Gasteiger partial charge is 0.251 e. The van der Waals surface area contributed by atoms with Crippen molar-refractivity contribution < 1.29 is 9.18 Å². The maximum absolute atomic E-state index is 14.3. The number of benzene rings is 1. The second-order valence-electron chi connectivity index (χ2n) is 6.63. The predicted octanol–water partition coefficient (Wildman–Crippen LogP) is 3.39. The zero-order chi connectivity index (χ0) is 14.9. The highest BCUT2D eigenvalue weighted by atomic mass is 35.5. The normalized spacial score (nSPS) is 20.6. The summed E-state index contributed by atoms with van der Waals surface area (Å²) in [6.07, 6.45) is 5.09. The lowest BCUT2D eigenvalue weighted by atomic mass is 9.78. The number of hydrogen-bond donors (Lipinski definition) is 2. The molecule has 1 aliphatic carbocycles. The Morgan fingerprint density at radius 2 is 2.00 bits per heavy atom. The Balaban J connectivity index is 0.00000176. The molecule has 0 atom stereocenters. The van der Waals surface area contributed by atoms with E-state index in [1.54, 1.807) is 12.1 Å². The van der Waals surface area contributed by atoms with E-state index in [1.807, 2.05) is 6.92 Å². The van der Waals surface area contributed by atoms with E-state index in [-0.39, 0.29) is 35.6 Å². The molecule has 1 heterocycles. The van der Waals surface area contributed by atoms with Crippen LogP contribution in [0.2, 0.25) is 0 Å². The summed E-state index contributed by atoms with van der Waals surface area (Å²) >= 11 is 0. The zero-order valence-corrected chi connectivity index (χ0v) is 13.8. The fraction of sp³-hybridized carbons (Fsp3) is 0.588. The molecule has 0 radical (unpaired) electrons. The molecule has 3 rings (SSSR count). The highest BCUT2D eigenvalue weighted by Crippen LogP contribution is 2.32. The molecule has 0 spiro atoms. The molecule has 122 valence electrons. The van der Waals surface area contributed by atoms with Crippen LogP contribution < -0.4 is 10.6 Å². The molecule has 1 aliphatic heterocycles. The average molecular weight is 327 g/mol. The summed E-state index contributed by atoms with van der Waals surface area (Å²) < 4.78 is 14.3. The van der Waals surface area contributed by atoms with Crippen LogP contribution in [0, 0.1) is 5.82 Å². The van der Waals surface area contributed by atoms with Gasteiger partial charge in [-0.15, -0.1) is 12.4 Å². The molecule has 3 nitrogen and oxygen atoms in total. The lowest BCUT2D eigenvalue weighted by molar-refractivity contribution is 0.0850. The maximum atomic E-state index is 14.3. The minimum atomic E-state index is -0.242. The van der Waals surface area contributed by atoms with E-state index in [0.29, 0.717) is 5.56 Å². The minimum Gasteiger partial charge on any atom is -0.347 e. The number of carbonyl (C=O) groups is 1. The van der Waals surface area contributed by atoms with Crippen LogP contribution in [0.3, 0.4) is 0 Å². The molecular weight excluding hydrogens is 303 g/mol. The van der Waals surface area contributed by atoms with Crippen molar-refractivity contribution in [2.24, 2.45) is 0 Å². The van der Waals surface area contributed by atoms with Gasteiger partial charge in [-0.2, -0.15) is 0 Å². The standard InChI is InChI=1S/C17H23FN2O.ClH/c1-17(7-2-8-17)20-16(21)13-3-4-14(15(18)11-13)12-5-9-19-10-6-12;/h3-4,11-12,19H,2,5-10H2,1H3,(H,20,21);1H. The third-order valence-corrected chi connectivity index (χ3v) is 4.91. The van der Waals surface area contributed by atoms with Crippen molar-refractivity contribution >= 4 is 18.3 Å². The molecule has 0 unspecified atom stereocenters. The fourth-order valence-corrected chi connectivity index (χ4v) is 3.31.